The fourth-order valence-electron chi connectivity index (χ4n) is 3.06. The summed E-state index contributed by atoms with van der Waals surface area (Å²) in [6.45, 7) is 6.12. The van der Waals surface area contributed by atoms with Crippen LogP contribution in [0, 0.1) is 13.8 Å². The average Bonchev–Trinajstić information content (AvgIpc) is 2.85. The highest BCUT2D eigenvalue weighted by Crippen LogP contribution is 2.17. The van der Waals surface area contributed by atoms with E-state index in [1.807, 2.05) is 44.2 Å². The van der Waals surface area contributed by atoms with Gasteiger partial charge in [0.1, 0.15) is 11.5 Å². The number of carbonyl (C=O) groups is 3. The fraction of sp³-hybridized carbons (Fsp3) is 0.222. The van der Waals surface area contributed by atoms with Crippen molar-refractivity contribution in [2.45, 2.75) is 27.3 Å². The van der Waals surface area contributed by atoms with E-state index >= 15 is 0 Å². The van der Waals surface area contributed by atoms with E-state index in [1.165, 1.54) is 12.1 Å². The van der Waals surface area contributed by atoms with Crippen LogP contribution in [0.4, 0.5) is 10.5 Å². The average molecular weight is 477 g/mol. The number of benzene rings is 3. The summed E-state index contributed by atoms with van der Waals surface area (Å²) in [5.41, 5.74) is 4.19. The summed E-state index contributed by atoms with van der Waals surface area (Å²) >= 11 is 0. The minimum atomic E-state index is -0.793. The second-order valence-corrected chi connectivity index (χ2v) is 7.77. The highest BCUT2D eigenvalue weighted by atomic mass is 16.7. The Bertz CT molecular complexity index is 1170. The van der Waals surface area contributed by atoms with E-state index in [0.717, 1.165) is 16.7 Å². The van der Waals surface area contributed by atoms with Crippen molar-refractivity contribution in [1.82, 2.24) is 5.32 Å². The summed E-state index contributed by atoms with van der Waals surface area (Å²) in [7, 11) is 0. The molecule has 0 aliphatic carbocycles. The summed E-state index contributed by atoms with van der Waals surface area (Å²) in [5, 5.41) is 5.61. The van der Waals surface area contributed by atoms with Crippen LogP contribution in [-0.4, -0.2) is 31.2 Å². The van der Waals surface area contributed by atoms with Crippen molar-refractivity contribution in [3.05, 3.63) is 89.0 Å². The van der Waals surface area contributed by atoms with E-state index in [2.05, 4.69) is 10.6 Å². The number of anilines is 1. The third-order valence-electron chi connectivity index (χ3n) is 5.12. The second kappa shape index (κ2) is 12.2. The second-order valence-electron chi connectivity index (χ2n) is 7.77. The monoisotopic (exact) mass is 476 g/mol. The van der Waals surface area contributed by atoms with E-state index < -0.39 is 6.16 Å². The SMILES string of the molecule is CCOC(=O)Oc1ccc(C(=O)NCc2ccc(NC(=O)COc3ccc(C)c(C)c3)cc2)cc1. The van der Waals surface area contributed by atoms with Crippen LogP contribution in [0.25, 0.3) is 0 Å². The molecule has 0 saturated carbocycles. The van der Waals surface area contributed by atoms with Crippen LogP contribution in [-0.2, 0) is 16.1 Å². The molecule has 0 unspecified atom stereocenters. The Hall–Kier alpha value is -4.33. The Labute approximate surface area is 204 Å². The molecule has 0 heterocycles. The molecule has 0 aliphatic rings. The van der Waals surface area contributed by atoms with Gasteiger partial charge in [-0.3, -0.25) is 9.59 Å². The number of aryl methyl sites for hydroxylation is 2. The zero-order valence-electron chi connectivity index (χ0n) is 19.9. The van der Waals surface area contributed by atoms with Gasteiger partial charge < -0.3 is 24.8 Å². The first-order valence-electron chi connectivity index (χ1n) is 11.2. The Kier molecular flexibility index (Phi) is 8.83. The van der Waals surface area contributed by atoms with Gasteiger partial charge in [-0.05, 0) is 86.0 Å². The molecule has 35 heavy (non-hydrogen) atoms. The molecular weight excluding hydrogens is 448 g/mol. The number of rotatable bonds is 9. The minimum Gasteiger partial charge on any atom is -0.484 e. The molecule has 2 N–H and O–H groups in total. The lowest BCUT2D eigenvalue weighted by Crippen LogP contribution is -2.23. The van der Waals surface area contributed by atoms with Gasteiger partial charge in [-0.1, -0.05) is 18.2 Å². The maximum Gasteiger partial charge on any atom is 0.513 e. The Morgan fingerprint density at radius 2 is 1.51 bits per heavy atom. The first kappa shape index (κ1) is 25.3. The van der Waals surface area contributed by atoms with Crippen LogP contribution >= 0.6 is 0 Å². The standard InChI is InChI=1S/C27H28N2O6/c1-4-33-27(32)35-23-13-8-21(9-14-23)26(31)28-16-20-6-10-22(11-7-20)29-25(30)17-34-24-12-5-18(2)19(3)15-24/h5-15H,4,16-17H2,1-3H3,(H,28,31)(H,29,30). The zero-order valence-corrected chi connectivity index (χ0v) is 19.9. The smallest absolute Gasteiger partial charge is 0.484 e. The molecule has 0 radical (unpaired) electrons. The molecule has 3 aromatic carbocycles. The first-order valence-corrected chi connectivity index (χ1v) is 11.2. The summed E-state index contributed by atoms with van der Waals surface area (Å²) in [6.07, 6.45) is -0.793. The largest absolute Gasteiger partial charge is 0.513 e. The first-order chi connectivity index (χ1) is 16.8. The number of carbonyl (C=O) groups excluding carboxylic acids is 3. The third kappa shape index (κ3) is 7.89. The van der Waals surface area contributed by atoms with Gasteiger partial charge in [-0.15, -0.1) is 0 Å². The molecule has 0 spiro atoms. The summed E-state index contributed by atoms with van der Waals surface area (Å²) in [4.78, 5) is 35.9. The van der Waals surface area contributed by atoms with Gasteiger partial charge in [0.05, 0.1) is 6.61 Å². The van der Waals surface area contributed by atoms with Crippen LogP contribution in [0.2, 0.25) is 0 Å². The predicted molar refractivity (Wildman–Crippen MR) is 132 cm³/mol. The van der Waals surface area contributed by atoms with E-state index in [-0.39, 0.29) is 30.8 Å². The molecule has 0 saturated heterocycles. The predicted octanol–water partition coefficient (Wildman–Crippen LogP) is 4.79. The van der Waals surface area contributed by atoms with E-state index in [9.17, 15) is 14.4 Å². The molecule has 8 nitrogen and oxygen atoms in total. The molecule has 0 bridgehead atoms. The fourth-order valence-corrected chi connectivity index (χ4v) is 3.06. The molecule has 8 heteroatoms. The van der Waals surface area contributed by atoms with Crippen LogP contribution in [0.15, 0.2) is 66.7 Å². The van der Waals surface area contributed by atoms with Crippen molar-refractivity contribution in [1.29, 1.82) is 0 Å². The van der Waals surface area contributed by atoms with E-state index in [0.29, 0.717) is 23.5 Å². The van der Waals surface area contributed by atoms with Gasteiger partial charge in [0.15, 0.2) is 6.61 Å². The molecule has 0 atom stereocenters. The van der Waals surface area contributed by atoms with Crippen molar-refractivity contribution in [2.24, 2.45) is 0 Å². The van der Waals surface area contributed by atoms with Gasteiger partial charge in [-0.2, -0.15) is 0 Å². The zero-order chi connectivity index (χ0) is 25.2. The number of amides is 2. The summed E-state index contributed by atoms with van der Waals surface area (Å²) in [6, 6.07) is 19.0. The minimum absolute atomic E-state index is 0.0933. The molecule has 182 valence electrons. The maximum atomic E-state index is 12.4. The molecular formula is C27H28N2O6. The number of nitrogens with one attached hydrogen (secondary N) is 2. The Balaban J connectivity index is 1.44. The molecule has 3 rings (SSSR count). The van der Waals surface area contributed by atoms with E-state index in [1.54, 1.807) is 31.2 Å². The highest BCUT2D eigenvalue weighted by Gasteiger charge is 2.09. The van der Waals surface area contributed by atoms with Crippen molar-refractivity contribution < 1.29 is 28.6 Å². The van der Waals surface area contributed by atoms with Crippen LogP contribution in [0.1, 0.15) is 34.0 Å². The molecule has 2 amide bonds. The topological polar surface area (TPSA) is 103 Å². The van der Waals surface area contributed by atoms with Crippen LogP contribution < -0.4 is 20.1 Å². The van der Waals surface area contributed by atoms with Gasteiger partial charge in [0, 0.05) is 17.8 Å². The van der Waals surface area contributed by atoms with Crippen molar-refractivity contribution in [3.63, 3.8) is 0 Å². The number of hydrogen-bond donors (Lipinski definition) is 2. The van der Waals surface area contributed by atoms with Gasteiger partial charge in [0.25, 0.3) is 11.8 Å². The molecule has 0 fully saturated rings. The van der Waals surface area contributed by atoms with Crippen LogP contribution in [0.5, 0.6) is 11.5 Å². The van der Waals surface area contributed by atoms with Crippen LogP contribution in [0.3, 0.4) is 0 Å². The quantitative estimate of drug-likeness (QED) is 0.340. The van der Waals surface area contributed by atoms with Crippen molar-refractivity contribution >= 4 is 23.7 Å². The Morgan fingerprint density at radius 1 is 0.829 bits per heavy atom. The normalized spacial score (nSPS) is 10.3. The lowest BCUT2D eigenvalue weighted by Gasteiger charge is -2.10. The number of hydrogen-bond acceptors (Lipinski definition) is 6. The third-order valence-corrected chi connectivity index (χ3v) is 5.12. The van der Waals surface area contributed by atoms with Gasteiger partial charge in [-0.25, -0.2) is 4.79 Å². The maximum absolute atomic E-state index is 12.4. The van der Waals surface area contributed by atoms with Crippen molar-refractivity contribution in [3.8, 4) is 11.5 Å². The Morgan fingerprint density at radius 3 is 2.17 bits per heavy atom. The van der Waals surface area contributed by atoms with E-state index in [4.69, 9.17) is 14.2 Å². The molecule has 3 aromatic rings. The summed E-state index contributed by atoms with van der Waals surface area (Å²) < 4.78 is 15.2. The molecule has 0 aromatic heterocycles. The highest BCUT2D eigenvalue weighted by molar-refractivity contribution is 5.94. The molecule has 0 aliphatic heterocycles. The van der Waals surface area contributed by atoms with Gasteiger partial charge in [0.2, 0.25) is 0 Å². The van der Waals surface area contributed by atoms with Gasteiger partial charge >= 0.3 is 6.16 Å². The van der Waals surface area contributed by atoms with Crippen molar-refractivity contribution in [2.75, 3.05) is 18.5 Å². The lowest BCUT2D eigenvalue weighted by molar-refractivity contribution is -0.118. The summed E-state index contributed by atoms with van der Waals surface area (Å²) in [5.74, 6) is 0.403. The number of ether oxygens (including phenoxy) is 3. The lowest BCUT2D eigenvalue weighted by atomic mass is 10.1.